The first-order valence-corrected chi connectivity index (χ1v) is 6.01. The van der Waals surface area contributed by atoms with E-state index in [2.05, 4.69) is 10.1 Å². The van der Waals surface area contributed by atoms with Crippen LogP contribution in [0.25, 0.3) is 0 Å². The van der Waals surface area contributed by atoms with Gasteiger partial charge in [0, 0.05) is 5.02 Å². The Bertz CT molecular complexity index is 456. The summed E-state index contributed by atoms with van der Waals surface area (Å²) in [6.07, 6.45) is 0. The molecule has 0 heterocycles. The Labute approximate surface area is 116 Å². The lowest BCUT2D eigenvalue weighted by Crippen LogP contribution is -2.51. The van der Waals surface area contributed by atoms with Gasteiger partial charge in [-0.05, 0) is 38.1 Å². The summed E-state index contributed by atoms with van der Waals surface area (Å²) in [5.74, 6) is -0.409. The molecule has 0 saturated carbocycles. The van der Waals surface area contributed by atoms with Crippen molar-refractivity contribution in [3.63, 3.8) is 0 Å². The van der Waals surface area contributed by atoms with Crippen LogP contribution in [0, 0.1) is 0 Å². The van der Waals surface area contributed by atoms with E-state index in [-0.39, 0.29) is 6.61 Å². The Morgan fingerprint density at radius 2 is 1.84 bits per heavy atom. The highest BCUT2D eigenvalue weighted by Gasteiger charge is 2.30. The molecule has 0 saturated heterocycles. The van der Waals surface area contributed by atoms with Crippen LogP contribution in [0.15, 0.2) is 24.3 Å². The van der Waals surface area contributed by atoms with Crippen LogP contribution in [0.5, 0.6) is 5.75 Å². The SMILES string of the molecule is COC(=O)C(C)(C)NC(=O)COc1ccc(Cl)cc1. The molecule has 0 aromatic heterocycles. The maximum atomic E-state index is 11.6. The van der Waals surface area contributed by atoms with Gasteiger partial charge in [-0.3, -0.25) is 4.79 Å². The lowest BCUT2D eigenvalue weighted by molar-refractivity contribution is -0.149. The number of hydrogen-bond acceptors (Lipinski definition) is 4. The zero-order chi connectivity index (χ0) is 14.5. The fourth-order valence-corrected chi connectivity index (χ4v) is 1.50. The van der Waals surface area contributed by atoms with E-state index >= 15 is 0 Å². The molecule has 0 aliphatic carbocycles. The second kappa shape index (κ2) is 6.43. The van der Waals surface area contributed by atoms with Crippen molar-refractivity contribution >= 4 is 23.5 Å². The molecule has 6 heteroatoms. The largest absolute Gasteiger partial charge is 0.484 e. The number of methoxy groups -OCH3 is 1. The minimum atomic E-state index is -1.09. The molecule has 0 bridgehead atoms. The maximum Gasteiger partial charge on any atom is 0.330 e. The summed E-state index contributed by atoms with van der Waals surface area (Å²) >= 11 is 5.73. The molecular weight excluding hydrogens is 270 g/mol. The quantitative estimate of drug-likeness (QED) is 0.838. The third-order valence-electron chi connectivity index (χ3n) is 2.33. The Kier molecular flexibility index (Phi) is 5.18. The third-order valence-corrected chi connectivity index (χ3v) is 2.58. The maximum absolute atomic E-state index is 11.6. The van der Waals surface area contributed by atoms with Crippen molar-refractivity contribution in [3.8, 4) is 5.75 Å². The van der Waals surface area contributed by atoms with Crippen molar-refractivity contribution in [3.05, 3.63) is 29.3 Å². The van der Waals surface area contributed by atoms with Gasteiger partial charge in [0.2, 0.25) is 0 Å². The second-order valence-electron chi connectivity index (χ2n) is 4.41. The summed E-state index contributed by atoms with van der Waals surface area (Å²) in [5, 5.41) is 3.11. The lowest BCUT2D eigenvalue weighted by atomic mass is 10.1. The summed E-state index contributed by atoms with van der Waals surface area (Å²) in [7, 11) is 1.26. The highest BCUT2D eigenvalue weighted by atomic mass is 35.5. The standard InChI is InChI=1S/C13H16ClNO4/c1-13(2,12(17)18-3)15-11(16)8-19-10-6-4-9(14)5-7-10/h4-7H,8H2,1-3H3,(H,15,16). The second-order valence-corrected chi connectivity index (χ2v) is 4.84. The summed E-state index contributed by atoms with van der Waals surface area (Å²) in [6, 6.07) is 6.63. The van der Waals surface area contributed by atoms with Crippen molar-refractivity contribution in [2.75, 3.05) is 13.7 Å². The molecule has 19 heavy (non-hydrogen) atoms. The summed E-state index contributed by atoms with van der Waals surface area (Å²) < 4.78 is 9.84. The van der Waals surface area contributed by atoms with Crippen LogP contribution < -0.4 is 10.1 Å². The van der Waals surface area contributed by atoms with Crippen LogP contribution in [-0.4, -0.2) is 31.1 Å². The average Bonchev–Trinajstić information content (AvgIpc) is 2.36. The zero-order valence-corrected chi connectivity index (χ0v) is 11.8. The number of carbonyl (C=O) groups is 2. The van der Waals surface area contributed by atoms with Gasteiger partial charge in [0.25, 0.3) is 5.91 Å². The predicted molar refractivity (Wildman–Crippen MR) is 71.2 cm³/mol. The molecular formula is C13H16ClNO4. The number of amides is 1. The first kappa shape index (κ1) is 15.3. The minimum absolute atomic E-state index is 0.192. The Morgan fingerprint density at radius 3 is 2.37 bits per heavy atom. The first-order chi connectivity index (χ1) is 8.85. The average molecular weight is 286 g/mol. The van der Waals surface area contributed by atoms with Gasteiger partial charge in [0.15, 0.2) is 6.61 Å². The molecule has 0 aliphatic rings. The number of benzene rings is 1. The van der Waals surface area contributed by atoms with E-state index in [1.165, 1.54) is 7.11 Å². The van der Waals surface area contributed by atoms with E-state index in [0.717, 1.165) is 0 Å². The fraction of sp³-hybridized carbons (Fsp3) is 0.385. The Balaban J connectivity index is 2.48. The van der Waals surface area contributed by atoms with Crippen molar-refractivity contribution in [1.82, 2.24) is 5.32 Å². The Hall–Kier alpha value is -1.75. The molecule has 1 aromatic rings. The number of ether oxygens (including phenoxy) is 2. The molecule has 104 valence electrons. The number of halogens is 1. The van der Waals surface area contributed by atoms with E-state index in [1.807, 2.05) is 0 Å². The molecule has 0 fully saturated rings. The lowest BCUT2D eigenvalue weighted by Gasteiger charge is -2.22. The minimum Gasteiger partial charge on any atom is -0.484 e. The molecule has 1 N–H and O–H groups in total. The van der Waals surface area contributed by atoms with Gasteiger partial charge in [-0.25, -0.2) is 4.79 Å². The normalized spacial score (nSPS) is 10.7. The van der Waals surface area contributed by atoms with E-state index in [1.54, 1.807) is 38.1 Å². The number of nitrogens with one attached hydrogen (secondary N) is 1. The summed E-state index contributed by atoms with van der Waals surface area (Å²) in [5.41, 5.74) is -1.09. The molecule has 0 aliphatic heterocycles. The zero-order valence-electron chi connectivity index (χ0n) is 11.0. The number of carbonyl (C=O) groups excluding carboxylic acids is 2. The van der Waals surface area contributed by atoms with Crippen LogP contribution in [0.1, 0.15) is 13.8 Å². The number of esters is 1. The third kappa shape index (κ3) is 4.79. The van der Waals surface area contributed by atoms with Gasteiger partial charge in [0.1, 0.15) is 11.3 Å². The van der Waals surface area contributed by atoms with Crippen molar-refractivity contribution < 1.29 is 19.1 Å². The van der Waals surface area contributed by atoms with Gasteiger partial charge < -0.3 is 14.8 Å². The van der Waals surface area contributed by atoms with Crippen molar-refractivity contribution in [2.24, 2.45) is 0 Å². The molecule has 1 rings (SSSR count). The molecule has 0 radical (unpaired) electrons. The van der Waals surface area contributed by atoms with Crippen LogP contribution in [0.4, 0.5) is 0 Å². The fourth-order valence-electron chi connectivity index (χ4n) is 1.37. The first-order valence-electron chi connectivity index (χ1n) is 5.63. The van der Waals surface area contributed by atoms with E-state index < -0.39 is 17.4 Å². The number of hydrogen-bond donors (Lipinski definition) is 1. The van der Waals surface area contributed by atoms with Crippen LogP contribution in [0.2, 0.25) is 5.02 Å². The predicted octanol–water partition coefficient (Wildman–Crippen LogP) is 1.79. The molecule has 0 spiro atoms. The van der Waals surface area contributed by atoms with E-state index in [4.69, 9.17) is 16.3 Å². The van der Waals surface area contributed by atoms with Gasteiger partial charge in [-0.15, -0.1) is 0 Å². The number of rotatable bonds is 5. The van der Waals surface area contributed by atoms with Crippen molar-refractivity contribution in [1.29, 1.82) is 0 Å². The molecule has 0 unspecified atom stereocenters. The van der Waals surface area contributed by atoms with Gasteiger partial charge >= 0.3 is 5.97 Å². The molecule has 0 atom stereocenters. The molecule has 5 nitrogen and oxygen atoms in total. The van der Waals surface area contributed by atoms with Gasteiger partial charge in [-0.2, -0.15) is 0 Å². The summed E-state index contributed by atoms with van der Waals surface area (Å²) in [6.45, 7) is 2.92. The highest BCUT2D eigenvalue weighted by molar-refractivity contribution is 6.30. The van der Waals surface area contributed by atoms with Crippen LogP contribution >= 0.6 is 11.6 Å². The van der Waals surface area contributed by atoms with Crippen molar-refractivity contribution in [2.45, 2.75) is 19.4 Å². The smallest absolute Gasteiger partial charge is 0.330 e. The Morgan fingerprint density at radius 1 is 1.26 bits per heavy atom. The van der Waals surface area contributed by atoms with Gasteiger partial charge in [-0.1, -0.05) is 11.6 Å². The van der Waals surface area contributed by atoms with Gasteiger partial charge in [0.05, 0.1) is 7.11 Å². The monoisotopic (exact) mass is 285 g/mol. The summed E-state index contributed by atoms with van der Waals surface area (Å²) in [4.78, 5) is 23.0. The topological polar surface area (TPSA) is 64.6 Å². The highest BCUT2D eigenvalue weighted by Crippen LogP contribution is 2.15. The molecule has 1 amide bonds. The van der Waals surface area contributed by atoms with Crippen LogP contribution in [0.3, 0.4) is 0 Å². The van der Waals surface area contributed by atoms with E-state index in [9.17, 15) is 9.59 Å². The van der Waals surface area contributed by atoms with Crippen LogP contribution in [-0.2, 0) is 14.3 Å². The van der Waals surface area contributed by atoms with E-state index in [0.29, 0.717) is 10.8 Å². The molecule has 1 aromatic carbocycles.